The Hall–Kier alpha value is -0.0600. The van der Waals surface area contributed by atoms with E-state index >= 15 is 0 Å². The summed E-state index contributed by atoms with van der Waals surface area (Å²) in [5, 5.41) is 18.1. The molecule has 3 nitrogen and oxygen atoms in total. The molecule has 5 aliphatic carbocycles. The highest BCUT2D eigenvalue weighted by atomic mass is 35.5. The van der Waals surface area contributed by atoms with Gasteiger partial charge >= 0.3 is 0 Å². The van der Waals surface area contributed by atoms with Crippen molar-refractivity contribution in [1.29, 1.82) is 0 Å². The van der Waals surface area contributed by atoms with Crippen LogP contribution in [0.5, 0.6) is 0 Å². The van der Waals surface area contributed by atoms with Gasteiger partial charge in [-0.05, 0) is 87.4 Å². The summed E-state index contributed by atoms with van der Waals surface area (Å²) >= 11 is 0. The van der Waals surface area contributed by atoms with E-state index in [1.54, 1.807) is 0 Å². The second kappa shape index (κ2) is 8.59. The Morgan fingerprint density at radius 1 is 0.893 bits per heavy atom. The Labute approximate surface area is 183 Å². The average molecular weight is 429 g/mol. The van der Waals surface area contributed by atoms with E-state index in [0.717, 1.165) is 67.6 Å². The first-order valence-corrected chi connectivity index (χ1v) is 11.0. The van der Waals surface area contributed by atoms with Crippen LogP contribution in [0.1, 0.15) is 40.0 Å². The van der Waals surface area contributed by atoms with Crippen molar-refractivity contribution >= 4 is 24.8 Å². The van der Waals surface area contributed by atoms with Gasteiger partial charge in [-0.15, -0.1) is 24.8 Å². The van der Waals surface area contributed by atoms with Gasteiger partial charge in [-0.2, -0.15) is 0 Å². The highest BCUT2D eigenvalue weighted by Gasteiger charge is 2.83. The molecule has 0 aromatic heterocycles. The summed E-state index contributed by atoms with van der Waals surface area (Å²) in [5.41, 5.74) is 2.90. The van der Waals surface area contributed by atoms with E-state index in [1.807, 2.05) is 0 Å². The highest BCUT2D eigenvalue weighted by molar-refractivity contribution is 5.85. The summed E-state index contributed by atoms with van der Waals surface area (Å²) in [6, 6.07) is 0.718. The molecular formula is C23H38Cl2N2O. The van der Waals surface area contributed by atoms with Crippen molar-refractivity contribution in [1.82, 2.24) is 10.6 Å². The Balaban J connectivity index is 0.00000112. The fraction of sp³-hybridized carbons (Fsp3) is 0.826. The summed E-state index contributed by atoms with van der Waals surface area (Å²) in [6.45, 7) is 9.69. The monoisotopic (exact) mass is 428 g/mol. The first-order chi connectivity index (χ1) is 12.6. The molecule has 5 saturated carbocycles. The third-order valence-electron chi connectivity index (χ3n) is 8.73. The summed E-state index contributed by atoms with van der Waals surface area (Å²) in [7, 11) is 0. The Morgan fingerprint density at radius 2 is 1.61 bits per heavy atom. The second-order valence-corrected chi connectivity index (χ2v) is 10.1. The van der Waals surface area contributed by atoms with E-state index in [-0.39, 0.29) is 30.9 Å². The molecule has 5 rings (SSSR count). The highest BCUT2D eigenvalue weighted by Crippen LogP contribution is 2.82. The van der Waals surface area contributed by atoms with E-state index in [4.69, 9.17) is 0 Å². The molecule has 5 fully saturated rings. The lowest BCUT2D eigenvalue weighted by Crippen LogP contribution is -2.56. The van der Waals surface area contributed by atoms with Gasteiger partial charge in [-0.3, -0.25) is 0 Å². The van der Waals surface area contributed by atoms with Crippen molar-refractivity contribution < 1.29 is 5.11 Å². The van der Waals surface area contributed by atoms with E-state index in [0.29, 0.717) is 11.8 Å². The molecule has 0 spiro atoms. The van der Waals surface area contributed by atoms with Gasteiger partial charge in [0.1, 0.15) is 0 Å². The standard InChI is InChI=1S/C23H36N2O.2ClH/c1-12(2)5-4-6-13(3)7-8-24-9-10-25-22-18-14-11-15-17-16(14)20(22)21(17)23(26)19(15)18;;/h5,7,14-26H,4,6,8-11H2,1-3H3;2*1H/b13-7+;;/t14?,15?,16?,17?,18?,19?,20?,21?,22-,23+;;/m1../s1. The van der Waals surface area contributed by atoms with Crippen LogP contribution in [0.4, 0.5) is 0 Å². The average Bonchev–Trinajstić information content (AvgIpc) is 3.10. The molecule has 2 bridgehead atoms. The summed E-state index contributed by atoms with van der Waals surface area (Å²) in [6.07, 6.45) is 8.51. The van der Waals surface area contributed by atoms with Gasteiger partial charge in [0.05, 0.1) is 6.10 Å². The van der Waals surface area contributed by atoms with Crippen LogP contribution in [0.3, 0.4) is 0 Å². The van der Waals surface area contributed by atoms with Crippen molar-refractivity contribution in [3.8, 4) is 0 Å². The first kappa shape index (κ1) is 22.6. The number of hydrogen-bond donors (Lipinski definition) is 3. The number of fused-ring (bicyclic) bond motifs is 2. The van der Waals surface area contributed by atoms with E-state index in [2.05, 4.69) is 43.6 Å². The fourth-order valence-electron chi connectivity index (χ4n) is 8.12. The number of aliphatic hydroxyl groups is 1. The topological polar surface area (TPSA) is 44.3 Å². The lowest BCUT2D eigenvalue weighted by Gasteiger charge is -2.49. The molecule has 28 heavy (non-hydrogen) atoms. The fourth-order valence-corrected chi connectivity index (χ4v) is 8.12. The van der Waals surface area contributed by atoms with Crippen molar-refractivity contribution in [2.75, 3.05) is 19.6 Å². The molecule has 0 heterocycles. The molecule has 0 radical (unpaired) electrons. The predicted molar refractivity (Wildman–Crippen MR) is 120 cm³/mol. The molecule has 160 valence electrons. The van der Waals surface area contributed by atoms with Crippen LogP contribution in [0, 0.1) is 47.3 Å². The maximum Gasteiger partial charge on any atom is 0.0608 e. The zero-order chi connectivity index (χ0) is 18.0. The van der Waals surface area contributed by atoms with Gasteiger partial charge in [0, 0.05) is 25.7 Å². The van der Waals surface area contributed by atoms with Gasteiger partial charge in [0.2, 0.25) is 0 Å². The van der Waals surface area contributed by atoms with Gasteiger partial charge in [-0.25, -0.2) is 0 Å². The maximum atomic E-state index is 10.7. The number of nitrogens with one attached hydrogen (secondary N) is 2. The summed E-state index contributed by atoms with van der Waals surface area (Å²) in [5.74, 6) is 6.70. The lowest BCUT2D eigenvalue weighted by atomic mass is 9.58. The summed E-state index contributed by atoms with van der Waals surface area (Å²) < 4.78 is 0. The molecule has 5 heteroatoms. The van der Waals surface area contributed by atoms with Crippen LogP contribution in [0.15, 0.2) is 23.3 Å². The van der Waals surface area contributed by atoms with Gasteiger partial charge < -0.3 is 15.7 Å². The molecule has 10 atom stereocenters. The third-order valence-corrected chi connectivity index (χ3v) is 8.73. The van der Waals surface area contributed by atoms with E-state index < -0.39 is 0 Å². The van der Waals surface area contributed by atoms with E-state index in [9.17, 15) is 5.11 Å². The number of rotatable bonds is 9. The van der Waals surface area contributed by atoms with Crippen LogP contribution in [0.25, 0.3) is 0 Å². The molecule has 0 saturated heterocycles. The van der Waals surface area contributed by atoms with Crippen LogP contribution < -0.4 is 10.6 Å². The van der Waals surface area contributed by atoms with Crippen LogP contribution in [0.2, 0.25) is 0 Å². The quantitative estimate of drug-likeness (QED) is 0.386. The van der Waals surface area contributed by atoms with Crippen molar-refractivity contribution in [2.45, 2.75) is 52.2 Å². The SMILES string of the molecule is CC(C)=CCC/C(C)=C/CNCCN[C@@H]1C2C3CC4C5C3C1C5[C@@H](O)C42.Cl.Cl. The molecule has 0 aromatic rings. The van der Waals surface area contributed by atoms with Gasteiger partial charge in [0.15, 0.2) is 0 Å². The zero-order valence-corrected chi connectivity index (χ0v) is 19.1. The normalized spacial score (nSPS) is 45.6. The van der Waals surface area contributed by atoms with Crippen LogP contribution in [-0.2, 0) is 0 Å². The van der Waals surface area contributed by atoms with Crippen LogP contribution in [-0.4, -0.2) is 36.9 Å². The molecule has 3 N–H and O–H groups in total. The minimum absolute atomic E-state index is 0. The van der Waals surface area contributed by atoms with Gasteiger partial charge in [-0.1, -0.05) is 23.3 Å². The Morgan fingerprint density at radius 3 is 2.36 bits per heavy atom. The smallest absolute Gasteiger partial charge is 0.0608 e. The first-order valence-electron chi connectivity index (χ1n) is 11.0. The van der Waals surface area contributed by atoms with Crippen LogP contribution >= 0.6 is 24.8 Å². The predicted octanol–water partition coefficient (Wildman–Crippen LogP) is 3.82. The number of aliphatic hydroxyl groups excluding tert-OH is 1. The molecule has 0 aliphatic heterocycles. The molecular weight excluding hydrogens is 391 g/mol. The molecule has 8 unspecified atom stereocenters. The Bertz CT molecular complexity index is 632. The second-order valence-electron chi connectivity index (χ2n) is 10.1. The largest absolute Gasteiger partial charge is 0.393 e. The maximum absolute atomic E-state index is 10.7. The van der Waals surface area contributed by atoms with Gasteiger partial charge in [0.25, 0.3) is 0 Å². The number of hydrogen-bond acceptors (Lipinski definition) is 3. The van der Waals surface area contributed by atoms with Crippen molar-refractivity contribution in [3.63, 3.8) is 0 Å². The lowest BCUT2D eigenvalue weighted by molar-refractivity contribution is -0.0646. The molecule has 0 amide bonds. The number of allylic oxidation sites excluding steroid dienone is 3. The minimum Gasteiger partial charge on any atom is -0.393 e. The van der Waals surface area contributed by atoms with E-state index in [1.165, 1.54) is 24.0 Å². The third kappa shape index (κ3) is 3.21. The zero-order valence-electron chi connectivity index (χ0n) is 17.4. The number of halogens is 2. The molecule has 5 aliphatic rings. The van der Waals surface area contributed by atoms with Crippen molar-refractivity contribution in [3.05, 3.63) is 23.3 Å². The van der Waals surface area contributed by atoms with Crippen molar-refractivity contribution in [2.24, 2.45) is 47.3 Å². The Kier molecular flexibility index (Phi) is 6.94. The molecule has 0 aromatic carbocycles. The minimum atomic E-state index is 0. The summed E-state index contributed by atoms with van der Waals surface area (Å²) in [4.78, 5) is 0.